The van der Waals surface area contributed by atoms with Gasteiger partial charge in [0.05, 0.1) is 6.33 Å². The van der Waals surface area contributed by atoms with Gasteiger partial charge in [-0.2, -0.15) is 9.97 Å². The van der Waals surface area contributed by atoms with Gasteiger partial charge in [-0.05, 0) is 41.5 Å². The SMILES string of the molecule is CC(C)(C)OC(=O)Cn1cnc2c(Cl)nc(NC(=O)OC(C)(C)C)nc21. The molecular formula is C16H22ClN5O4. The second kappa shape index (κ2) is 7.06. The maximum Gasteiger partial charge on any atom is 0.414 e. The maximum atomic E-state index is 12.0. The zero-order valence-corrected chi connectivity index (χ0v) is 16.3. The van der Waals surface area contributed by atoms with Crippen LogP contribution in [0.2, 0.25) is 5.15 Å². The quantitative estimate of drug-likeness (QED) is 0.640. The van der Waals surface area contributed by atoms with Crippen LogP contribution in [0.4, 0.5) is 10.7 Å². The zero-order valence-electron chi connectivity index (χ0n) is 15.6. The van der Waals surface area contributed by atoms with E-state index in [1.807, 2.05) is 0 Å². The van der Waals surface area contributed by atoms with Crippen molar-refractivity contribution in [3.63, 3.8) is 0 Å². The van der Waals surface area contributed by atoms with E-state index in [2.05, 4.69) is 20.3 Å². The minimum Gasteiger partial charge on any atom is -0.459 e. The molecule has 0 aliphatic heterocycles. The minimum absolute atomic E-state index is 0.0454. The van der Waals surface area contributed by atoms with Crippen molar-refractivity contribution in [3.8, 4) is 0 Å². The molecule has 142 valence electrons. The van der Waals surface area contributed by atoms with Gasteiger partial charge in [-0.15, -0.1) is 0 Å². The molecule has 0 saturated heterocycles. The molecule has 10 heteroatoms. The number of ether oxygens (including phenoxy) is 2. The van der Waals surface area contributed by atoms with E-state index in [4.69, 9.17) is 21.1 Å². The maximum absolute atomic E-state index is 12.0. The highest BCUT2D eigenvalue weighted by atomic mass is 35.5. The van der Waals surface area contributed by atoms with E-state index in [-0.39, 0.29) is 17.6 Å². The Kier molecular flexibility index (Phi) is 5.41. The average molecular weight is 384 g/mol. The van der Waals surface area contributed by atoms with Gasteiger partial charge < -0.3 is 14.0 Å². The number of nitrogens with one attached hydrogen (secondary N) is 1. The Balaban J connectivity index is 2.25. The van der Waals surface area contributed by atoms with E-state index in [9.17, 15) is 9.59 Å². The van der Waals surface area contributed by atoms with Crippen LogP contribution in [0.5, 0.6) is 0 Å². The number of imidazole rings is 1. The van der Waals surface area contributed by atoms with E-state index in [1.165, 1.54) is 10.9 Å². The summed E-state index contributed by atoms with van der Waals surface area (Å²) in [4.78, 5) is 36.2. The molecule has 0 aromatic carbocycles. The first-order valence-electron chi connectivity index (χ1n) is 7.94. The molecule has 0 fully saturated rings. The third kappa shape index (κ3) is 5.55. The number of nitrogens with zero attached hydrogens (tertiary/aromatic N) is 4. The summed E-state index contributed by atoms with van der Waals surface area (Å²) in [7, 11) is 0. The minimum atomic E-state index is -0.717. The Morgan fingerprint density at radius 1 is 1.12 bits per heavy atom. The van der Waals surface area contributed by atoms with Crippen molar-refractivity contribution in [2.24, 2.45) is 0 Å². The fourth-order valence-electron chi connectivity index (χ4n) is 1.99. The molecule has 9 nitrogen and oxygen atoms in total. The Morgan fingerprint density at radius 2 is 1.73 bits per heavy atom. The fourth-order valence-corrected chi connectivity index (χ4v) is 2.20. The monoisotopic (exact) mass is 383 g/mol. The van der Waals surface area contributed by atoms with Gasteiger partial charge >= 0.3 is 12.1 Å². The van der Waals surface area contributed by atoms with Crippen LogP contribution in [0.25, 0.3) is 11.2 Å². The van der Waals surface area contributed by atoms with Gasteiger partial charge in [-0.3, -0.25) is 10.1 Å². The summed E-state index contributed by atoms with van der Waals surface area (Å²) in [5.74, 6) is -0.504. The van der Waals surface area contributed by atoms with Gasteiger partial charge in [0, 0.05) is 0 Å². The number of hydrogen-bond acceptors (Lipinski definition) is 7. The van der Waals surface area contributed by atoms with Gasteiger partial charge in [0.15, 0.2) is 10.8 Å². The number of amides is 1. The lowest BCUT2D eigenvalue weighted by molar-refractivity contribution is -0.155. The molecule has 2 aromatic rings. The first-order valence-corrected chi connectivity index (χ1v) is 8.32. The van der Waals surface area contributed by atoms with E-state index < -0.39 is 23.3 Å². The summed E-state index contributed by atoms with van der Waals surface area (Å²) in [5, 5.41) is 2.46. The summed E-state index contributed by atoms with van der Waals surface area (Å²) in [6.07, 6.45) is 0.693. The lowest BCUT2D eigenvalue weighted by atomic mass is 10.2. The second-order valence-corrected chi connectivity index (χ2v) is 7.95. The van der Waals surface area contributed by atoms with Crippen LogP contribution in [0.1, 0.15) is 41.5 Å². The Hall–Kier alpha value is -2.42. The van der Waals surface area contributed by atoms with Crippen LogP contribution in [0, 0.1) is 0 Å². The van der Waals surface area contributed by atoms with Crippen LogP contribution < -0.4 is 5.32 Å². The Morgan fingerprint density at radius 3 is 2.31 bits per heavy atom. The molecule has 2 heterocycles. The van der Waals surface area contributed by atoms with Crippen molar-refractivity contribution in [2.75, 3.05) is 5.32 Å². The highest BCUT2D eigenvalue weighted by molar-refractivity contribution is 6.33. The van der Waals surface area contributed by atoms with Crippen molar-refractivity contribution in [1.29, 1.82) is 0 Å². The van der Waals surface area contributed by atoms with Gasteiger partial charge in [-0.25, -0.2) is 9.78 Å². The molecule has 0 unspecified atom stereocenters. The molecule has 0 atom stereocenters. The van der Waals surface area contributed by atoms with Gasteiger partial charge in [-0.1, -0.05) is 11.6 Å². The molecule has 1 amide bonds. The van der Waals surface area contributed by atoms with Crippen molar-refractivity contribution < 1.29 is 19.1 Å². The highest BCUT2D eigenvalue weighted by Crippen LogP contribution is 2.21. The summed E-state index contributed by atoms with van der Waals surface area (Å²) >= 11 is 6.10. The molecule has 0 bridgehead atoms. The molecule has 0 saturated carbocycles. The normalized spacial score (nSPS) is 12.1. The van der Waals surface area contributed by atoms with Gasteiger partial charge in [0.1, 0.15) is 23.3 Å². The molecule has 2 rings (SSSR count). The topological polar surface area (TPSA) is 108 Å². The predicted octanol–water partition coefficient (Wildman–Crippen LogP) is 3.17. The standard InChI is InChI=1S/C16H22ClN5O4/c1-15(2,3)25-9(23)7-22-8-18-10-11(17)19-13(20-12(10)22)21-14(24)26-16(4,5)6/h8H,7H2,1-6H3,(H,19,20,21,24). The molecule has 1 N–H and O–H groups in total. The highest BCUT2D eigenvalue weighted by Gasteiger charge is 2.21. The number of fused-ring (bicyclic) bond motifs is 1. The molecule has 0 aliphatic carbocycles. The summed E-state index contributed by atoms with van der Waals surface area (Å²) in [5.41, 5.74) is -0.674. The molecule has 2 aromatic heterocycles. The first-order chi connectivity index (χ1) is 11.8. The van der Waals surface area contributed by atoms with Crippen molar-refractivity contribution >= 4 is 40.8 Å². The van der Waals surface area contributed by atoms with E-state index in [1.54, 1.807) is 41.5 Å². The number of aromatic nitrogens is 4. The van der Waals surface area contributed by atoms with Crippen LogP contribution >= 0.6 is 11.6 Å². The zero-order chi connectivity index (χ0) is 19.7. The number of halogens is 1. The van der Waals surface area contributed by atoms with Gasteiger partial charge in [0.25, 0.3) is 0 Å². The van der Waals surface area contributed by atoms with Crippen LogP contribution in [0.3, 0.4) is 0 Å². The third-order valence-electron chi connectivity index (χ3n) is 2.75. The third-order valence-corrected chi connectivity index (χ3v) is 3.02. The number of rotatable bonds is 3. The molecule has 0 spiro atoms. The largest absolute Gasteiger partial charge is 0.459 e. The molecule has 26 heavy (non-hydrogen) atoms. The van der Waals surface area contributed by atoms with Crippen LogP contribution in [0.15, 0.2) is 6.33 Å². The molecular weight excluding hydrogens is 362 g/mol. The van der Waals surface area contributed by atoms with E-state index in [0.717, 1.165) is 0 Å². The summed E-state index contributed by atoms with van der Waals surface area (Å²) in [6.45, 7) is 10.4. The average Bonchev–Trinajstić information content (AvgIpc) is 2.77. The molecule has 0 aliphatic rings. The fraction of sp³-hybridized carbons (Fsp3) is 0.562. The summed E-state index contributed by atoms with van der Waals surface area (Å²) < 4.78 is 11.9. The van der Waals surface area contributed by atoms with E-state index in [0.29, 0.717) is 11.2 Å². The number of carbonyl (C=O) groups is 2. The van der Waals surface area contributed by atoms with Gasteiger partial charge in [0.2, 0.25) is 5.95 Å². The predicted molar refractivity (Wildman–Crippen MR) is 96.0 cm³/mol. The number of esters is 1. The summed E-state index contributed by atoms with van der Waals surface area (Å²) in [6, 6.07) is 0. The van der Waals surface area contributed by atoms with E-state index >= 15 is 0 Å². The van der Waals surface area contributed by atoms with Crippen LogP contribution in [-0.4, -0.2) is 42.8 Å². The Bertz CT molecular complexity index is 836. The first kappa shape index (κ1) is 19.9. The number of carbonyl (C=O) groups excluding carboxylic acids is 2. The van der Waals surface area contributed by atoms with Crippen molar-refractivity contribution in [2.45, 2.75) is 59.3 Å². The lowest BCUT2D eigenvalue weighted by Crippen LogP contribution is -2.28. The lowest BCUT2D eigenvalue weighted by Gasteiger charge is -2.20. The van der Waals surface area contributed by atoms with Crippen molar-refractivity contribution in [1.82, 2.24) is 19.5 Å². The Labute approximate surface area is 156 Å². The number of anilines is 1. The van der Waals surface area contributed by atoms with Crippen LogP contribution in [-0.2, 0) is 20.8 Å². The smallest absolute Gasteiger partial charge is 0.414 e. The number of hydrogen-bond donors (Lipinski definition) is 1. The molecule has 0 radical (unpaired) electrons. The second-order valence-electron chi connectivity index (χ2n) is 7.60. The van der Waals surface area contributed by atoms with Crippen molar-refractivity contribution in [3.05, 3.63) is 11.5 Å².